The molecular formula is C23H30ClNO2. The number of aryl methyl sites for hydroxylation is 1. The van der Waals surface area contributed by atoms with Gasteiger partial charge < -0.3 is 9.84 Å². The highest BCUT2D eigenvalue weighted by atomic mass is 35.5. The molecule has 3 nitrogen and oxygen atoms in total. The second kappa shape index (κ2) is 8.74. The summed E-state index contributed by atoms with van der Waals surface area (Å²) in [5.41, 5.74) is 2.31. The third kappa shape index (κ3) is 4.55. The Morgan fingerprint density at radius 3 is 2.19 bits per heavy atom. The number of hydrogen-bond donors (Lipinski definition) is 1. The van der Waals surface area contributed by atoms with Gasteiger partial charge in [-0.15, -0.1) is 0 Å². The lowest BCUT2D eigenvalue weighted by Gasteiger charge is -2.43. The number of rotatable bonds is 6. The van der Waals surface area contributed by atoms with Gasteiger partial charge in [-0.05, 0) is 36.1 Å². The predicted molar refractivity (Wildman–Crippen MR) is 111 cm³/mol. The maximum Gasteiger partial charge on any atom is 0.0999 e. The van der Waals surface area contributed by atoms with Crippen LogP contribution in [0.25, 0.3) is 0 Å². The SMILES string of the molecule is Cc1ccc([C@@](O)(C(C)C)[C@@H](CN2CCOCC2)c2ccc(Cl)cc2)cc1. The molecule has 27 heavy (non-hydrogen) atoms. The molecule has 2 aromatic carbocycles. The molecule has 146 valence electrons. The van der Waals surface area contributed by atoms with Gasteiger partial charge in [-0.2, -0.15) is 0 Å². The monoisotopic (exact) mass is 387 g/mol. The summed E-state index contributed by atoms with van der Waals surface area (Å²) >= 11 is 6.13. The molecule has 1 aliphatic heterocycles. The minimum Gasteiger partial charge on any atom is -0.384 e. The molecule has 1 aliphatic rings. The van der Waals surface area contributed by atoms with Gasteiger partial charge >= 0.3 is 0 Å². The number of hydrogen-bond acceptors (Lipinski definition) is 3. The lowest BCUT2D eigenvalue weighted by atomic mass is 9.70. The summed E-state index contributed by atoms with van der Waals surface area (Å²) in [6.45, 7) is 10.3. The van der Waals surface area contributed by atoms with E-state index in [1.807, 2.05) is 12.1 Å². The number of nitrogens with zero attached hydrogens (tertiary/aromatic N) is 1. The molecule has 4 heteroatoms. The van der Waals surface area contributed by atoms with Gasteiger partial charge in [0.15, 0.2) is 0 Å². The Hall–Kier alpha value is -1.39. The zero-order valence-electron chi connectivity index (χ0n) is 16.5. The smallest absolute Gasteiger partial charge is 0.0999 e. The second-order valence-corrected chi connectivity index (χ2v) is 8.30. The van der Waals surface area contributed by atoms with E-state index in [2.05, 4.69) is 62.1 Å². The van der Waals surface area contributed by atoms with Crippen molar-refractivity contribution >= 4 is 11.6 Å². The summed E-state index contributed by atoms with van der Waals surface area (Å²) in [7, 11) is 0. The molecule has 0 aliphatic carbocycles. The first kappa shape index (κ1) is 20.3. The van der Waals surface area contributed by atoms with Crippen LogP contribution in [0.5, 0.6) is 0 Å². The van der Waals surface area contributed by atoms with Gasteiger partial charge in [0.25, 0.3) is 0 Å². The van der Waals surface area contributed by atoms with Crippen LogP contribution in [0, 0.1) is 12.8 Å². The van der Waals surface area contributed by atoms with Crippen molar-refractivity contribution in [1.29, 1.82) is 0 Å². The van der Waals surface area contributed by atoms with Gasteiger partial charge in [-0.25, -0.2) is 0 Å². The Balaban J connectivity index is 2.03. The van der Waals surface area contributed by atoms with Crippen molar-refractivity contribution in [3.05, 3.63) is 70.2 Å². The van der Waals surface area contributed by atoms with Crippen LogP contribution in [0.3, 0.4) is 0 Å². The molecule has 1 saturated heterocycles. The van der Waals surface area contributed by atoms with Gasteiger partial charge in [0, 0.05) is 30.6 Å². The minimum absolute atomic E-state index is 0.0573. The first-order chi connectivity index (χ1) is 12.9. The Labute approximate surface area is 167 Å². The van der Waals surface area contributed by atoms with Crippen LogP contribution in [-0.2, 0) is 10.3 Å². The quantitative estimate of drug-likeness (QED) is 0.785. The molecular weight excluding hydrogens is 358 g/mol. The summed E-state index contributed by atoms with van der Waals surface area (Å²) in [6, 6.07) is 16.2. The van der Waals surface area contributed by atoms with E-state index in [1.165, 1.54) is 5.56 Å². The lowest BCUT2D eigenvalue weighted by molar-refractivity contribution is -0.0547. The maximum absolute atomic E-state index is 12.1. The van der Waals surface area contributed by atoms with Gasteiger partial charge in [0.2, 0.25) is 0 Å². The summed E-state index contributed by atoms with van der Waals surface area (Å²) in [5, 5.41) is 12.8. The van der Waals surface area contributed by atoms with E-state index in [9.17, 15) is 5.11 Å². The third-order valence-electron chi connectivity index (χ3n) is 5.74. The third-order valence-corrected chi connectivity index (χ3v) is 5.99. The molecule has 0 aromatic heterocycles. The zero-order chi connectivity index (χ0) is 19.4. The molecule has 0 unspecified atom stereocenters. The predicted octanol–water partition coefficient (Wildman–Crippen LogP) is 4.61. The Kier molecular flexibility index (Phi) is 6.59. The summed E-state index contributed by atoms with van der Waals surface area (Å²) in [6.07, 6.45) is 0. The lowest BCUT2D eigenvalue weighted by Crippen LogP contribution is -2.47. The van der Waals surface area contributed by atoms with Gasteiger partial charge in [-0.3, -0.25) is 4.90 Å². The number of ether oxygens (including phenoxy) is 1. The molecule has 1 heterocycles. The fourth-order valence-electron chi connectivity index (χ4n) is 3.99. The second-order valence-electron chi connectivity index (χ2n) is 7.86. The highest BCUT2D eigenvalue weighted by molar-refractivity contribution is 6.30. The standard InChI is InChI=1S/C23H30ClNO2/c1-17(2)23(26,20-8-4-18(3)5-9-20)22(16-25-12-14-27-15-13-25)19-6-10-21(24)11-7-19/h4-11,17,22,26H,12-16H2,1-3H3/t22-,23-/m0/s1. The van der Waals surface area contributed by atoms with Crippen molar-refractivity contribution in [2.75, 3.05) is 32.8 Å². The molecule has 0 radical (unpaired) electrons. The fourth-order valence-corrected chi connectivity index (χ4v) is 4.12. The van der Waals surface area contributed by atoms with E-state index >= 15 is 0 Å². The zero-order valence-corrected chi connectivity index (χ0v) is 17.2. The number of aliphatic hydroxyl groups is 1. The van der Waals surface area contributed by atoms with Crippen LogP contribution in [0.1, 0.15) is 36.5 Å². The van der Waals surface area contributed by atoms with Crippen LogP contribution in [0.15, 0.2) is 48.5 Å². The number of morpholine rings is 1. The van der Waals surface area contributed by atoms with Crippen molar-refractivity contribution in [2.24, 2.45) is 5.92 Å². The molecule has 2 atom stereocenters. The topological polar surface area (TPSA) is 32.7 Å². The minimum atomic E-state index is -0.972. The highest BCUT2D eigenvalue weighted by Gasteiger charge is 2.43. The average Bonchev–Trinajstić information content (AvgIpc) is 2.67. The van der Waals surface area contributed by atoms with Gasteiger partial charge in [0.1, 0.15) is 0 Å². The molecule has 1 fully saturated rings. The normalized spacial score (nSPS) is 19.0. The molecule has 0 spiro atoms. The van der Waals surface area contributed by atoms with Crippen molar-refractivity contribution in [2.45, 2.75) is 32.3 Å². The first-order valence-corrected chi connectivity index (χ1v) is 10.1. The number of halogens is 1. The maximum atomic E-state index is 12.1. The Bertz CT molecular complexity index is 723. The van der Waals surface area contributed by atoms with E-state index in [0.29, 0.717) is 5.02 Å². The van der Waals surface area contributed by atoms with E-state index in [0.717, 1.165) is 44.0 Å². The Morgan fingerprint density at radius 2 is 1.63 bits per heavy atom. The average molecular weight is 388 g/mol. The first-order valence-electron chi connectivity index (χ1n) is 9.76. The van der Waals surface area contributed by atoms with Crippen LogP contribution in [-0.4, -0.2) is 42.9 Å². The van der Waals surface area contributed by atoms with Gasteiger partial charge in [-0.1, -0.05) is 67.4 Å². The van der Waals surface area contributed by atoms with Gasteiger partial charge in [0.05, 0.1) is 18.8 Å². The van der Waals surface area contributed by atoms with Crippen molar-refractivity contribution in [3.8, 4) is 0 Å². The fraction of sp³-hybridized carbons (Fsp3) is 0.478. The van der Waals surface area contributed by atoms with Crippen molar-refractivity contribution < 1.29 is 9.84 Å². The molecule has 0 bridgehead atoms. The molecule has 0 amide bonds. The molecule has 2 aromatic rings. The number of benzene rings is 2. The summed E-state index contributed by atoms with van der Waals surface area (Å²) in [5.74, 6) is -0.00232. The van der Waals surface area contributed by atoms with Crippen LogP contribution >= 0.6 is 11.6 Å². The van der Waals surface area contributed by atoms with Crippen LogP contribution in [0.4, 0.5) is 0 Å². The molecule has 0 saturated carbocycles. The van der Waals surface area contributed by atoms with E-state index in [1.54, 1.807) is 0 Å². The van der Waals surface area contributed by atoms with Crippen LogP contribution in [0.2, 0.25) is 5.02 Å². The Morgan fingerprint density at radius 1 is 1.04 bits per heavy atom. The molecule has 3 rings (SSSR count). The van der Waals surface area contributed by atoms with E-state index in [4.69, 9.17) is 16.3 Å². The van der Waals surface area contributed by atoms with Crippen LogP contribution < -0.4 is 0 Å². The summed E-state index contributed by atoms with van der Waals surface area (Å²) < 4.78 is 5.51. The van der Waals surface area contributed by atoms with Crippen molar-refractivity contribution in [1.82, 2.24) is 4.90 Å². The van der Waals surface area contributed by atoms with E-state index in [-0.39, 0.29) is 11.8 Å². The van der Waals surface area contributed by atoms with E-state index < -0.39 is 5.60 Å². The molecule has 1 N–H and O–H groups in total. The highest BCUT2D eigenvalue weighted by Crippen LogP contribution is 2.43. The summed E-state index contributed by atoms with van der Waals surface area (Å²) in [4.78, 5) is 2.39. The van der Waals surface area contributed by atoms with Crippen molar-refractivity contribution in [3.63, 3.8) is 0 Å². The largest absolute Gasteiger partial charge is 0.384 e.